The summed E-state index contributed by atoms with van der Waals surface area (Å²) in [5, 5.41) is 25.7. The lowest BCUT2D eigenvalue weighted by molar-refractivity contribution is 0.174. The Morgan fingerprint density at radius 3 is 2.50 bits per heavy atom. The molecule has 5 heteroatoms. The summed E-state index contributed by atoms with van der Waals surface area (Å²) in [4.78, 5) is 0. The van der Waals surface area contributed by atoms with Crippen LogP contribution in [0.4, 0.5) is 0 Å². The van der Waals surface area contributed by atoms with Crippen molar-refractivity contribution in [2.45, 2.75) is 12.5 Å². The minimum atomic E-state index is -0.806. The fraction of sp³-hybridized carbons (Fsp3) is 0.222. The van der Waals surface area contributed by atoms with E-state index in [9.17, 15) is 5.11 Å². The van der Waals surface area contributed by atoms with Gasteiger partial charge in [-0.1, -0.05) is 23.7 Å². The molecule has 0 amide bonds. The van der Waals surface area contributed by atoms with E-state index in [2.05, 4.69) is 0 Å². The quantitative estimate of drug-likeness (QED) is 0.352. The molecule has 76 valence electrons. The Kier molecular flexibility index (Phi) is 3.88. The van der Waals surface area contributed by atoms with Crippen molar-refractivity contribution in [1.29, 1.82) is 5.41 Å². The average Bonchev–Trinajstić information content (AvgIpc) is 2.18. The SMILES string of the molecule is N=C(C[C@H](O)c1ccc(Cl)cc1)NO. The number of aliphatic hydroxyl groups excluding tert-OH is 1. The molecule has 14 heavy (non-hydrogen) atoms. The van der Waals surface area contributed by atoms with Gasteiger partial charge in [0.15, 0.2) is 0 Å². The fourth-order valence-electron chi connectivity index (χ4n) is 1.04. The van der Waals surface area contributed by atoms with Gasteiger partial charge in [-0.15, -0.1) is 0 Å². The van der Waals surface area contributed by atoms with Crippen LogP contribution in [0.25, 0.3) is 0 Å². The van der Waals surface area contributed by atoms with Gasteiger partial charge < -0.3 is 5.11 Å². The molecule has 0 radical (unpaired) electrons. The van der Waals surface area contributed by atoms with Gasteiger partial charge in [-0.3, -0.25) is 16.1 Å². The number of halogens is 1. The molecule has 0 aliphatic carbocycles. The summed E-state index contributed by atoms with van der Waals surface area (Å²) < 4.78 is 0. The minimum Gasteiger partial charge on any atom is -0.388 e. The number of hydroxylamine groups is 1. The molecule has 1 atom stereocenters. The Labute approximate surface area is 86.6 Å². The largest absolute Gasteiger partial charge is 0.388 e. The average molecular weight is 215 g/mol. The highest BCUT2D eigenvalue weighted by molar-refractivity contribution is 6.30. The van der Waals surface area contributed by atoms with Crippen molar-refractivity contribution in [3.63, 3.8) is 0 Å². The molecule has 0 saturated carbocycles. The van der Waals surface area contributed by atoms with Gasteiger partial charge in [-0.25, -0.2) is 0 Å². The van der Waals surface area contributed by atoms with Crippen LogP contribution in [0.5, 0.6) is 0 Å². The lowest BCUT2D eigenvalue weighted by Crippen LogP contribution is -2.20. The van der Waals surface area contributed by atoms with Gasteiger partial charge in [0.1, 0.15) is 5.84 Å². The van der Waals surface area contributed by atoms with Crippen molar-refractivity contribution < 1.29 is 10.3 Å². The summed E-state index contributed by atoms with van der Waals surface area (Å²) in [6.45, 7) is 0. The Morgan fingerprint density at radius 1 is 1.43 bits per heavy atom. The molecular formula is C9H11ClN2O2. The van der Waals surface area contributed by atoms with E-state index in [0.29, 0.717) is 10.6 Å². The second-order valence-corrected chi connectivity index (χ2v) is 3.30. The van der Waals surface area contributed by atoms with Crippen molar-refractivity contribution in [1.82, 2.24) is 5.48 Å². The maximum atomic E-state index is 9.58. The van der Waals surface area contributed by atoms with E-state index in [0.717, 1.165) is 0 Å². The molecule has 1 aromatic rings. The molecule has 0 aliphatic rings. The van der Waals surface area contributed by atoms with Crippen LogP contribution in [0.2, 0.25) is 5.02 Å². The first-order valence-corrected chi connectivity index (χ1v) is 4.42. The lowest BCUT2D eigenvalue weighted by Gasteiger charge is -2.10. The van der Waals surface area contributed by atoms with Crippen LogP contribution in [0.1, 0.15) is 18.1 Å². The third kappa shape index (κ3) is 2.99. The highest BCUT2D eigenvalue weighted by Crippen LogP contribution is 2.18. The zero-order valence-electron chi connectivity index (χ0n) is 7.37. The van der Waals surface area contributed by atoms with E-state index in [1.807, 2.05) is 0 Å². The number of benzene rings is 1. The smallest absolute Gasteiger partial charge is 0.120 e. The molecule has 1 rings (SSSR count). The molecule has 0 aromatic heterocycles. The molecule has 0 aliphatic heterocycles. The van der Waals surface area contributed by atoms with Gasteiger partial charge in [-0.2, -0.15) is 0 Å². The molecule has 4 nitrogen and oxygen atoms in total. The highest BCUT2D eigenvalue weighted by atomic mass is 35.5. The van der Waals surface area contributed by atoms with Gasteiger partial charge in [0.2, 0.25) is 0 Å². The van der Waals surface area contributed by atoms with E-state index in [1.165, 1.54) is 0 Å². The number of amidine groups is 1. The normalized spacial score (nSPS) is 12.2. The minimum absolute atomic E-state index is 0.0398. The van der Waals surface area contributed by atoms with Crippen LogP contribution in [-0.4, -0.2) is 16.1 Å². The standard InChI is InChI=1S/C9H11ClN2O2/c10-7-3-1-6(2-4-7)8(13)5-9(11)12-14/h1-4,8,13-14H,5H2,(H2,11,12)/t8-/m0/s1. The maximum absolute atomic E-state index is 9.58. The van der Waals surface area contributed by atoms with Crippen molar-refractivity contribution in [2.24, 2.45) is 0 Å². The van der Waals surface area contributed by atoms with E-state index in [4.69, 9.17) is 22.2 Å². The molecular weight excluding hydrogens is 204 g/mol. The van der Waals surface area contributed by atoms with Crippen LogP contribution in [-0.2, 0) is 0 Å². The van der Waals surface area contributed by atoms with E-state index in [-0.39, 0.29) is 12.3 Å². The number of aliphatic hydroxyl groups is 1. The van der Waals surface area contributed by atoms with Crippen LogP contribution in [0, 0.1) is 5.41 Å². The Hall–Kier alpha value is -1.10. The van der Waals surface area contributed by atoms with E-state index >= 15 is 0 Å². The summed E-state index contributed by atoms with van der Waals surface area (Å²) in [5.41, 5.74) is 2.34. The van der Waals surface area contributed by atoms with Crippen LogP contribution in [0.3, 0.4) is 0 Å². The summed E-state index contributed by atoms with van der Waals surface area (Å²) in [6, 6.07) is 6.68. The Bertz CT molecular complexity index is 313. The molecule has 0 unspecified atom stereocenters. The van der Waals surface area contributed by atoms with Gasteiger partial charge in [0, 0.05) is 11.4 Å². The lowest BCUT2D eigenvalue weighted by atomic mass is 10.1. The Balaban J connectivity index is 2.65. The van der Waals surface area contributed by atoms with Crippen molar-refractivity contribution in [2.75, 3.05) is 0 Å². The van der Waals surface area contributed by atoms with Gasteiger partial charge in [-0.05, 0) is 17.7 Å². The molecule has 0 fully saturated rings. The van der Waals surface area contributed by atoms with Crippen LogP contribution < -0.4 is 5.48 Å². The first-order chi connectivity index (χ1) is 6.63. The van der Waals surface area contributed by atoms with Gasteiger partial charge in [0.05, 0.1) is 6.10 Å². The molecule has 0 bridgehead atoms. The predicted octanol–water partition coefficient (Wildman–Crippen LogP) is 1.72. The summed E-state index contributed by atoms with van der Waals surface area (Å²) in [6.07, 6.45) is -0.766. The number of hydrogen-bond donors (Lipinski definition) is 4. The van der Waals surface area contributed by atoms with Crippen LogP contribution in [0.15, 0.2) is 24.3 Å². The zero-order valence-corrected chi connectivity index (χ0v) is 8.12. The van der Waals surface area contributed by atoms with Crippen molar-refractivity contribution >= 4 is 17.4 Å². The molecule has 0 heterocycles. The Morgan fingerprint density at radius 2 is 2.00 bits per heavy atom. The summed E-state index contributed by atoms with van der Waals surface area (Å²) in [5.74, 6) is -0.132. The van der Waals surface area contributed by atoms with Gasteiger partial charge >= 0.3 is 0 Å². The molecule has 0 saturated heterocycles. The molecule has 4 N–H and O–H groups in total. The van der Waals surface area contributed by atoms with Crippen LogP contribution >= 0.6 is 11.6 Å². The first-order valence-electron chi connectivity index (χ1n) is 4.04. The van der Waals surface area contributed by atoms with Crippen molar-refractivity contribution in [3.8, 4) is 0 Å². The van der Waals surface area contributed by atoms with Gasteiger partial charge in [0.25, 0.3) is 0 Å². The summed E-state index contributed by atoms with van der Waals surface area (Å²) in [7, 11) is 0. The molecule has 1 aromatic carbocycles. The van der Waals surface area contributed by atoms with Crippen molar-refractivity contribution in [3.05, 3.63) is 34.9 Å². The second-order valence-electron chi connectivity index (χ2n) is 2.86. The zero-order chi connectivity index (χ0) is 10.6. The maximum Gasteiger partial charge on any atom is 0.120 e. The number of nitrogens with one attached hydrogen (secondary N) is 2. The number of rotatable bonds is 3. The van der Waals surface area contributed by atoms with E-state index < -0.39 is 6.10 Å². The fourth-order valence-corrected chi connectivity index (χ4v) is 1.17. The topological polar surface area (TPSA) is 76.3 Å². The third-order valence-corrected chi connectivity index (χ3v) is 2.04. The highest BCUT2D eigenvalue weighted by Gasteiger charge is 2.09. The number of hydrogen-bond acceptors (Lipinski definition) is 3. The van der Waals surface area contributed by atoms with E-state index in [1.54, 1.807) is 29.7 Å². The first kappa shape index (κ1) is 11.0. The predicted molar refractivity (Wildman–Crippen MR) is 53.7 cm³/mol. The second kappa shape index (κ2) is 4.95. The third-order valence-electron chi connectivity index (χ3n) is 1.79. The summed E-state index contributed by atoms with van der Waals surface area (Å²) >= 11 is 5.67. The molecule has 0 spiro atoms. The monoisotopic (exact) mass is 214 g/mol.